The summed E-state index contributed by atoms with van der Waals surface area (Å²) in [4.78, 5) is 23.4. The SMILES string of the molecule is Cl.O=C(O)[C@H]1C2C=CC(CC2)[C@@H]1c1nnc2c(F)cnc(-c3c[nH]c4ncc(F)cc34)n12. The van der Waals surface area contributed by atoms with E-state index in [-0.39, 0.29) is 29.9 Å². The van der Waals surface area contributed by atoms with E-state index in [1.165, 1.54) is 10.5 Å². The lowest BCUT2D eigenvalue weighted by Crippen LogP contribution is -2.40. The van der Waals surface area contributed by atoms with Gasteiger partial charge < -0.3 is 10.1 Å². The van der Waals surface area contributed by atoms with E-state index in [9.17, 15) is 18.7 Å². The summed E-state index contributed by atoms with van der Waals surface area (Å²) in [5.74, 6) is -2.77. The first-order valence-electron chi connectivity index (χ1n) is 9.96. The molecule has 0 aliphatic heterocycles. The molecule has 0 radical (unpaired) electrons. The number of fused-ring (bicyclic) bond motifs is 4. The number of aliphatic carboxylic acids is 1. The first kappa shape index (κ1) is 20.5. The highest BCUT2D eigenvalue weighted by molar-refractivity contribution is 5.92. The molecule has 4 atom stereocenters. The molecular weight excluding hydrogens is 442 g/mol. The Morgan fingerprint density at radius 3 is 2.66 bits per heavy atom. The fraction of sp³-hybridized carbons (Fsp3) is 0.286. The zero-order chi connectivity index (χ0) is 21.3. The van der Waals surface area contributed by atoms with Crippen molar-refractivity contribution in [1.82, 2.24) is 29.5 Å². The van der Waals surface area contributed by atoms with Gasteiger partial charge in [-0.2, -0.15) is 0 Å². The van der Waals surface area contributed by atoms with Crippen molar-refractivity contribution >= 4 is 35.1 Å². The minimum absolute atomic E-state index is 0. The van der Waals surface area contributed by atoms with Crippen molar-refractivity contribution in [2.24, 2.45) is 17.8 Å². The summed E-state index contributed by atoms with van der Waals surface area (Å²) in [5, 5.41) is 18.7. The monoisotopic (exact) mass is 458 g/mol. The van der Waals surface area contributed by atoms with Crippen LogP contribution >= 0.6 is 12.4 Å². The Hall–Kier alpha value is -3.40. The Kier molecular flexibility index (Phi) is 4.70. The van der Waals surface area contributed by atoms with E-state index in [1.54, 1.807) is 6.20 Å². The summed E-state index contributed by atoms with van der Waals surface area (Å²) in [6.07, 6.45) is 9.35. The molecule has 4 aromatic heterocycles. The number of rotatable bonds is 3. The molecule has 164 valence electrons. The summed E-state index contributed by atoms with van der Waals surface area (Å²) < 4.78 is 30.0. The molecular formula is C21H17ClF2N6O2. The first-order valence-corrected chi connectivity index (χ1v) is 9.96. The normalized spacial score (nSPS) is 24.2. The van der Waals surface area contributed by atoms with Crippen molar-refractivity contribution < 1.29 is 18.7 Å². The Morgan fingerprint density at radius 2 is 1.91 bits per heavy atom. The largest absolute Gasteiger partial charge is 0.481 e. The van der Waals surface area contributed by atoms with E-state index in [0.29, 0.717) is 28.2 Å². The van der Waals surface area contributed by atoms with Crippen LogP contribution in [0, 0.1) is 29.4 Å². The molecule has 4 aromatic rings. The molecule has 0 spiro atoms. The van der Waals surface area contributed by atoms with Gasteiger partial charge in [-0.05, 0) is 30.7 Å². The summed E-state index contributed by atoms with van der Waals surface area (Å²) in [7, 11) is 0. The summed E-state index contributed by atoms with van der Waals surface area (Å²) >= 11 is 0. The van der Waals surface area contributed by atoms with Gasteiger partial charge >= 0.3 is 5.97 Å². The Balaban J connectivity index is 0.00000216. The van der Waals surface area contributed by atoms with Crippen LogP contribution in [0.25, 0.3) is 28.1 Å². The third kappa shape index (κ3) is 2.82. The molecule has 3 aliphatic rings. The molecule has 0 aromatic carbocycles. The minimum atomic E-state index is -0.912. The maximum absolute atomic E-state index is 14.6. The van der Waals surface area contributed by atoms with Crippen molar-refractivity contribution in [3.8, 4) is 11.4 Å². The second-order valence-corrected chi connectivity index (χ2v) is 8.08. The molecule has 0 amide bonds. The maximum Gasteiger partial charge on any atom is 0.307 e. The third-order valence-corrected chi connectivity index (χ3v) is 6.48. The Bertz CT molecular complexity index is 1400. The zero-order valence-electron chi connectivity index (χ0n) is 16.4. The number of aromatic amines is 1. The number of nitrogens with zero attached hydrogens (tertiary/aromatic N) is 5. The number of allylic oxidation sites excluding steroid dienone is 2. The number of hydrogen-bond donors (Lipinski definition) is 2. The molecule has 11 heteroatoms. The van der Waals surface area contributed by atoms with Crippen LogP contribution in [0.3, 0.4) is 0 Å². The second kappa shape index (κ2) is 7.33. The van der Waals surface area contributed by atoms with Crippen LogP contribution in [0.2, 0.25) is 0 Å². The highest BCUT2D eigenvalue weighted by Gasteiger charge is 2.47. The average molecular weight is 459 g/mol. The molecule has 7 rings (SSSR count). The van der Waals surface area contributed by atoms with Crippen LogP contribution in [0.15, 0.2) is 36.8 Å². The number of hydrogen-bond acceptors (Lipinski definition) is 5. The van der Waals surface area contributed by atoms with Crippen LogP contribution in [0.1, 0.15) is 24.6 Å². The predicted molar refractivity (Wildman–Crippen MR) is 112 cm³/mol. The molecule has 2 bridgehead atoms. The highest BCUT2D eigenvalue weighted by Crippen LogP contribution is 2.50. The van der Waals surface area contributed by atoms with Crippen LogP contribution in [-0.4, -0.2) is 40.6 Å². The van der Waals surface area contributed by atoms with Gasteiger partial charge in [0.15, 0.2) is 11.5 Å². The number of nitrogens with one attached hydrogen (secondary N) is 1. The van der Waals surface area contributed by atoms with Gasteiger partial charge in [0.25, 0.3) is 0 Å². The number of carboxylic acids is 1. The number of halogens is 3. The molecule has 4 heterocycles. The molecule has 1 fully saturated rings. The van der Waals surface area contributed by atoms with Crippen LogP contribution in [0.5, 0.6) is 0 Å². The van der Waals surface area contributed by atoms with E-state index < -0.39 is 29.4 Å². The average Bonchev–Trinajstić information content (AvgIpc) is 3.39. The van der Waals surface area contributed by atoms with Crippen molar-refractivity contribution in [2.75, 3.05) is 0 Å². The van der Waals surface area contributed by atoms with Crippen molar-refractivity contribution in [1.29, 1.82) is 0 Å². The van der Waals surface area contributed by atoms with Gasteiger partial charge in [-0.25, -0.2) is 18.7 Å². The molecule has 3 aliphatic carbocycles. The summed E-state index contributed by atoms with van der Waals surface area (Å²) in [5.41, 5.74) is 0.901. The highest BCUT2D eigenvalue weighted by atomic mass is 35.5. The van der Waals surface area contributed by atoms with E-state index in [2.05, 4.69) is 25.1 Å². The van der Waals surface area contributed by atoms with Gasteiger partial charge in [-0.15, -0.1) is 22.6 Å². The van der Waals surface area contributed by atoms with Gasteiger partial charge in [0, 0.05) is 23.1 Å². The summed E-state index contributed by atoms with van der Waals surface area (Å²) in [6.45, 7) is 0. The molecule has 8 nitrogen and oxygen atoms in total. The van der Waals surface area contributed by atoms with Crippen LogP contribution < -0.4 is 0 Å². The Labute approximate surface area is 185 Å². The zero-order valence-corrected chi connectivity index (χ0v) is 17.3. The van der Waals surface area contributed by atoms with Gasteiger partial charge in [0.05, 0.1) is 18.3 Å². The molecule has 1 saturated carbocycles. The van der Waals surface area contributed by atoms with Gasteiger partial charge in [-0.1, -0.05) is 12.2 Å². The van der Waals surface area contributed by atoms with E-state index >= 15 is 0 Å². The number of carbonyl (C=O) groups is 1. The smallest absolute Gasteiger partial charge is 0.307 e. The van der Waals surface area contributed by atoms with Gasteiger partial charge in [0.1, 0.15) is 23.1 Å². The van der Waals surface area contributed by atoms with E-state index in [4.69, 9.17) is 0 Å². The predicted octanol–water partition coefficient (Wildman–Crippen LogP) is 3.75. The third-order valence-electron chi connectivity index (χ3n) is 6.48. The lowest BCUT2D eigenvalue weighted by atomic mass is 9.62. The first-order chi connectivity index (χ1) is 15.0. The van der Waals surface area contributed by atoms with Gasteiger partial charge in [-0.3, -0.25) is 9.20 Å². The van der Waals surface area contributed by atoms with Crippen LogP contribution in [0.4, 0.5) is 8.78 Å². The second-order valence-electron chi connectivity index (χ2n) is 8.08. The number of pyridine rings is 1. The minimum Gasteiger partial charge on any atom is -0.481 e. The van der Waals surface area contributed by atoms with Crippen molar-refractivity contribution in [2.45, 2.75) is 18.8 Å². The van der Waals surface area contributed by atoms with Gasteiger partial charge in [0.2, 0.25) is 0 Å². The topological polar surface area (TPSA) is 109 Å². The van der Waals surface area contributed by atoms with Crippen molar-refractivity contribution in [3.63, 3.8) is 0 Å². The standard InChI is InChI=1S/C21H16F2N6O2.ClH/c22-11-5-12-13(7-25-17(12)24-6-11)18-26-8-14(23)19-27-28-20(29(18)19)15-9-1-3-10(4-2-9)16(15)21(30)31;/h1,3,5-10,15-16H,2,4H2,(H,24,25)(H,30,31);1H/t9?,10?,15-,16-;/m0./s1. The number of H-pyrrole nitrogens is 1. The molecule has 32 heavy (non-hydrogen) atoms. The summed E-state index contributed by atoms with van der Waals surface area (Å²) in [6, 6.07) is 1.32. The Morgan fingerprint density at radius 1 is 1.12 bits per heavy atom. The fourth-order valence-corrected chi connectivity index (χ4v) is 5.14. The van der Waals surface area contributed by atoms with E-state index in [0.717, 1.165) is 25.2 Å². The van der Waals surface area contributed by atoms with E-state index in [1.807, 2.05) is 12.2 Å². The molecule has 0 saturated heterocycles. The van der Waals surface area contributed by atoms with Crippen LogP contribution in [-0.2, 0) is 4.79 Å². The lowest BCUT2D eigenvalue weighted by molar-refractivity contribution is -0.146. The molecule has 2 N–H and O–H groups in total. The maximum atomic E-state index is 14.6. The lowest BCUT2D eigenvalue weighted by Gasteiger charge is -2.42. The molecule has 2 unspecified atom stereocenters. The number of carboxylic acid groups (broad SMARTS) is 1. The quantitative estimate of drug-likeness (QED) is 0.452. The number of aromatic nitrogens is 6. The van der Waals surface area contributed by atoms with Crippen molar-refractivity contribution in [3.05, 3.63) is 54.3 Å². The fourth-order valence-electron chi connectivity index (χ4n) is 5.14.